The Bertz CT molecular complexity index is 314. The summed E-state index contributed by atoms with van der Waals surface area (Å²) >= 11 is 0. The molecule has 1 saturated heterocycles. The first-order valence-electron chi connectivity index (χ1n) is 5.59. The molecular weight excluding hydrogens is 228 g/mol. The van der Waals surface area contributed by atoms with Crippen LogP contribution in [0, 0.1) is 0 Å². The largest absolute Gasteiger partial charge is 0.373 e. The molecule has 0 atom stereocenters. The summed E-state index contributed by atoms with van der Waals surface area (Å²) < 4.78 is 29.8. The van der Waals surface area contributed by atoms with Gasteiger partial charge < -0.3 is 4.74 Å². The van der Waals surface area contributed by atoms with Gasteiger partial charge in [0.05, 0.1) is 18.5 Å². The second kappa shape index (κ2) is 5.44. The number of morpholine rings is 1. The van der Waals surface area contributed by atoms with Crippen molar-refractivity contribution in [2.24, 2.45) is 0 Å². The maximum atomic E-state index is 10.8. The number of hydrogen-bond acceptors (Lipinski definition) is 4. The van der Waals surface area contributed by atoms with E-state index in [0.29, 0.717) is 6.54 Å². The first-order valence-corrected chi connectivity index (χ1v) is 7.49. The van der Waals surface area contributed by atoms with Crippen LogP contribution in [0.3, 0.4) is 0 Å². The molecule has 0 bridgehead atoms. The van der Waals surface area contributed by atoms with Crippen molar-refractivity contribution in [1.29, 1.82) is 0 Å². The second-order valence-electron chi connectivity index (χ2n) is 4.90. The summed E-state index contributed by atoms with van der Waals surface area (Å²) in [6.45, 7) is 8.18. The fourth-order valence-electron chi connectivity index (χ4n) is 1.87. The molecule has 16 heavy (non-hydrogen) atoms. The molecule has 0 aromatic heterocycles. The highest BCUT2D eigenvalue weighted by Crippen LogP contribution is 2.16. The summed E-state index contributed by atoms with van der Waals surface area (Å²) in [7, 11) is -3.04. The van der Waals surface area contributed by atoms with Gasteiger partial charge in [0.15, 0.2) is 0 Å². The predicted molar refractivity (Wildman–Crippen MR) is 63.9 cm³/mol. The summed E-state index contributed by atoms with van der Waals surface area (Å²) in [5, 5.41) is 0. The minimum absolute atomic E-state index is 0.0808. The number of sulfonamides is 1. The molecule has 0 aromatic carbocycles. The molecule has 0 radical (unpaired) electrons. The summed E-state index contributed by atoms with van der Waals surface area (Å²) in [4.78, 5) is 2.31. The van der Waals surface area contributed by atoms with E-state index in [1.54, 1.807) is 0 Å². The predicted octanol–water partition coefficient (Wildman–Crippen LogP) is 0.0365. The normalized spacial score (nSPS) is 22.2. The molecule has 1 aliphatic heterocycles. The summed E-state index contributed by atoms with van der Waals surface area (Å²) in [5.74, 6) is 0. The van der Waals surface area contributed by atoms with E-state index < -0.39 is 10.0 Å². The number of ether oxygens (including phenoxy) is 1. The van der Waals surface area contributed by atoms with Crippen molar-refractivity contribution < 1.29 is 13.2 Å². The lowest BCUT2D eigenvalue weighted by Crippen LogP contribution is -2.48. The highest BCUT2D eigenvalue weighted by Gasteiger charge is 2.26. The van der Waals surface area contributed by atoms with Gasteiger partial charge in [-0.2, -0.15) is 0 Å². The molecule has 1 N–H and O–H groups in total. The van der Waals surface area contributed by atoms with Crippen LogP contribution >= 0.6 is 0 Å². The molecule has 0 unspecified atom stereocenters. The quantitative estimate of drug-likeness (QED) is 0.700. The zero-order valence-electron chi connectivity index (χ0n) is 10.3. The van der Waals surface area contributed by atoms with Crippen LogP contribution in [0.15, 0.2) is 0 Å². The third kappa shape index (κ3) is 5.79. The first-order chi connectivity index (χ1) is 7.29. The van der Waals surface area contributed by atoms with Gasteiger partial charge in [-0.1, -0.05) is 0 Å². The fraction of sp³-hybridized carbons (Fsp3) is 1.00. The highest BCUT2D eigenvalue weighted by molar-refractivity contribution is 7.88. The van der Waals surface area contributed by atoms with Crippen LogP contribution in [-0.4, -0.2) is 58.0 Å². The Morgan fingerprint density at radius 1 is 1.44 bits per heavy atom. The van der Waals surface area contributed by atoms with Crippen LogP contribution in [-0.2, 0) is 14.8 Å². The summed E-state index contributed by atoms with van der Waals surface area (Å²) in [6.07, 6.45) is 2.02. The van der Waals surface area contributed by atoms with Crippen molar-refractivity contribution in [2.75, 3.05) is 39.0 Å². The first kappa shape index (κ1) is 13.9. The van der Waals surface area contributed by atoms with E-state index in [0.717, 1.165) is 32.7 Å². The van der Waals surface area contributed by atoms with E-state index in [1.165, 1.54) is 6.26 Å². The number of hydrogen-bond donors (Lipinski definition) is 1. The zero-order chi connectivity index (χ0) is 12.2. The van der Waals surface area contributed by atoms with E-state index >= 15 is 0 Å². The van der Waals surface area contributed by atoms with Crippen molar-refractivity contribution in [3.05, 3.63) is 0 Å². The van der Waals surface area contributed by atoms with Gasteiger partial charge in [0.2, 0.25) is 10.0 Å². The average Bonchev–Trinajstić information content (AvgIpc) is 2.09. The Kier molecular flexibility index (Phi) is 4.73. The molecule has 0 aliphatic carbocycles. The maximum absolute atomic E-state index is 10.8. The van der Waals surface area contributed by atoms with Gasteiger partial charge in [0.25, 0.3) is 0 Å². The van der Waals surface area contributed by atoms with Crippen LogP contribution in [0.25, 0.3) is 0 Å². The summed E-state index contributed by atoms with van der Waals surface area (Å²) in [6, 6.07) is 0. The third-order valence-electron chi connectivity index (χ3n) is 2.52. The smallest absolute Gasteiger partial charge is 0.208 e. The van der Waals surface area contributed by atoms with E-state index in [-0.39, 0.29) is 5.60 Å². The Morgan fingerprint density at radius 2 is 2.12 bits per heavy atom. The van der Waals surface area contributed by atoms with Crippen molar-refractivity contribution in [3.63, 3.8) is 0 Å². The Balaban J connectivity index is 2.18. The number of nitrogens with zero attached hydrogens (tertiary/aromatic N) is 1. The molecule has 1 fully saturated rings. The van der Waals surface area contributed by atoms with Crippen LogP contribution < -0.4 is 4.72 Å². The minimum atomic E-state index is -3.04. The lowest BCUT2D eigenvalue weighted by Gasteiger charge is -2.38. The van der Waals surface area contributed by atoms with E-state index in [9.17, 15) is 8.42 Å². The molecule has 0 aromatic rings. The van der Waals surface area contributed by atoms with E-state index in [1.807, 2.05) is 0 Å². The molecule has 6 heteroatoms. The average molecular weight is 250 g/mol. The monoisotopic (exact) mass is 250 g/mol. The fourth-order valence-corrected chi connectivity index (χ4v) is 2.38. The number of nitrogens with one attached hydrogen (secondary N) is 1. The van der Waals surface area contributed by atoms with Gasteiger partial charge in [-0.05, 0) is 26.8 Å². The zero-order valence-corrected chi connectivity index (χ0v) is 11.1. The van der Waals surface area contributed by atoms with E-state index in [2.05, 4.69) is 23.5 Å². The van der Waals surface area contributed by atoms with Crippen LogP contribution in [0.4, 0.5) is 0 Å². The Labute approximate surface area is 98.2 Å². The van der Waals surface area contributed by atoms with Crippen LogP contribution in [0.2, 0.25) is 0 Å². The SMILES string of the molecule is CC1(C)CN(CCCNS(C)(=O)=O)CCO1. The number of rotatable bonds is 5. The molecular formula is C10H22N2O3S. The topological polar surface area (TPSA) is 58.6 Å². The molecule has 0 spiro atoms. The van der Waals surface area contributed by atoms with Crippen LogP contribution in [0.1, 0.15) is 20.3 Å². The van der Waals surface area contributed by atoms with Gasteiger partial charge in [-0.25, -0.2) is 13.1 Å². The molecule has 1 rings (SSSR count). The molecule has 0 amide bonds. The standard InChI is InChI=1S/C10H22N2O3S/c1-10(2)9-12(7-8-15-10)6-4-5-11-16(3,13)14/h11H,4-9H2,1-3H3. The van der Waals surface area contributed by atoms with Gasteiger partial charge in [0.1, 0.15) is 0 Å². The van der Waals surface area contributed by atoms with Gasteiger partial charge in [0, 0.05) is 19.6 Å². The van der Waals surface area contributed by atoms with Gasteiger partial charge in [-0.15, -0.1) is 0 Å². The highest BCUT2D eigenvalue weighted by atomic mass is 32.2. The Hall–Kier alpha value is -0.170. The lowest BCUT2D eigenvalue weighted by molar-refractivity contribution is -0.0859. The molecule has 96 valence electrons. The molecule has 1 heterocycles. The summed E-state index contributed by atoms with van der Waals surface area (Å²) in [5.41, 5.74) is -0.0808. The van der Waals surface area contributed by atoms with Gasteiger partial charge in [-0.3, -0.25) is 4.90 Å². The molecule has 5 nitrogen and oxygen atoms in total. The van der Waals surface area contributed by atoms with Crippen molar-refractivity contribution in [2.45, 2.75) is 25.9 Å². The maximum Gasteiger partial charge on any atom is 0.208 e. The molecule has 1 aliphatic rings. The molecule has 0 saturated carbocycles. The minimum Gasteiger partial charge on any atom is -0.373 e. The van der Waals surface area contributed by atoms with E-state index in [4.69, 9.17) is 4.74 Å². The Morgan fingerprint density at radius 3 is 2.69 bits per heavy atom. The van der Waals surface area contributed by atoms with Crippen molar-refractivity contribution in [1.82, 2.24) is 9.62 Å². The van der Waals surface area contributed by atoms with Gasteiger partial charge >= 0.3 is 0 Å². The van der Waals surface area contributed by atoms with Crippen molar-refractivity contribution in [3.8, 4) is 0 Å². The van der Waals surface area contributed by atoms with Crippen molar-refractivity contribution >= 4 is 10.0 Å². The van der Waals surface area contributed by atoms with Crippen LogP contribution in [0.5, 0.6) is 0 Å². The second-order valence-corrected chi connectivity index (χ2v) is 6.74. The third-order valence-corrected chi connectivity index (χ3v) is 3.25. The lowest BCUT2D eigenvalue weighted by atomic mass is 10.1.